The summed E-state index contributed by atoms with van der Waals surface area (Å²) in [6, 6.07) is 0. The van der Waals surface area contributed by atoms with E-state index in [2.05, 4.69) is 16.2 Å². The van der Waals surface area contributed by atoms with E-state index in [4.69, 9.17) is 0 Å². The van der Waals surface area contributed by atoms with Crippen molar-refractivity contribution in [3.63, 3.8) is 0 Å². The van der Waals surface area contributed by atoms with Crippen LogP contribution in [0, 0.1) is 6.26 Å². The molecule has 1 heterocycles. The first kappa shape index (κ1) is 4.71. The lowest BCUT2D eigenvalue weighted by Crippen LogP contribution is -1.64. The van der Waals surface area contributed by atoms with E-state index in [1.807, 2.05) is 0 Å². The largest absolute Gasteiger partial charge is 0.340 e. The van der Waals surface area contributed by atoms with Gasteiger partial charge in [-0.1, -0.05) is 11.8 Å². The highest BCUT2D eigenvalue weighted by atomic mass is 32.2. The maximum Gasteiger partial charge on any atom is 0.165 e. The molecule has 1 rings (SSSR count). The zero-order chi connectivity index (χ0) is 5.11. The molecule has 0 aliphatic rings. The summed E-state index contributed by atoms with van der Waals surface area (Å²) in [7, 11) is 0. The molecule has 0 unspecified atom stereocenters. The van der Waals surface area contributed by atoms with E-state index in [9.17, 15) is 0 Å². The molecule has 0 saturated carbocycles. The number of hydrogen-bond donors (Lipinski definition) is 1. The Balaban J connectivity index is 2.76. The molecule has 0 aliphatic heterocycles. The Hall–Kier alpha value is -0.440. The Labute approximate surface area is 46.3 Å². The van der Waals surface area contributed by atoms with Crippen molar-refractivity contribution in [3.05, 3.63) is 18.6 Å². The second kappa shape index (κ2) is 2.02. The number of imidazole rings is 1. The smallest absolute Gasteiger partial charge is 0.165 e. The lowest BCUT2D eigenvalue weighted by atomic mass is 11.0. The van der Waals surface area contributed by atoms with E-state index < -0.39 is 0 Å². The van der Waals surface area contributed by atoms with E-state index in [-0.39, 0.29) is 0 Å². The average Bonchev–Trinajstić information content (AvgIpc) is 2.14. The summed E-state index contributed by atoms with van der Waals surface area (Å²) in [5.74, 6) is 0. The number of rotatable bonds is 1. The van der Waals surface area contributed by atoms with Gasteiger partial charge in [-0.2, -0.15) is 0 Å². The molecule has 0 fully saturated rings. The van der Waals surface area contributed by atoms with E-state index >= 15 is 0 Å². The van der Waals surface area contributed by atoms with E-state index in [1.165, 1.54) is 11.8 Å². The molecule has 2 nitrogen and oxygen atoms in total. The molecule has 37 valence electrons. The summed E-state index contributed by atoms with van der Waals surface area (Å²) < 4.78 is 0. The lowest BCUT2D eigenvalue weighted by Gasteiger charge is -1.78. The molecule has 3 heteroatoms. The predicted molar refractivity (Wildman–Crippen MR) is 29.8 cm³/mol. The third-order valence-corrected chi connectivity index (χ3v) is 1.11. The van der Waals surface area contributed by atoms with Gasteiger partial charge in [0.2, 0.25) is 0 Å². The molecule has 1 aromatic rings. The van der Waals surface area contributed by atoms with E-state index in [1.54, 1.807) is 12.4 Å². The van der Waals surface area contributed by atoms with Gasteiger partial charge in [0.05, 0.1) is 0 Å². The predicted octanol–water partition coefficient (Wildman–Crippen LogP) is 1.29. The highest BCUT2D eigenvalue weighted by molar-refractivity contribution is 8.00. The fraction of sp³-hybridized carbons (Fsp3) is 0. The normalized spacial score (nSPS) is 9.29. The number of nitrogens with zero attached hydrogens (tertiary/aromatic N) is 1. The van der Waals surface area contributed by atoms with Gasteiger partial charge in [0.15, 0.2) is 5.16 Å². The molecule has 0 atom stereocenters. The van der Waals surface area contributed by atoms with Gasteiger partial charge in [-0.15, -0.1) is 0 Å². The van der Waals surface area contributed by atoms with Crippen molar-refractivity contribution < 1.29 is 0 Å². The lowest BCUT2D eigenvalue weighted by molar-refractivity contribution is 1.06. The van der Waals surface area contributed by atoms with Gasteiger partial charge in [-0.05, 0) is 0 Å². The summed E-state index contributed by atoms with van der Waals surface area (Å²) in [5, 5.41) is 0.861. The van der Waals surface area contributed by atoms with Crippen molar-refractivity contribution in [2.45, 2.75) is 5.16 Å². The molecular formula is C4H5N2S. The molecule has 0 spiro atoms. The van der Waals surface area contributed by atoms with Crippen LogP contribution in [0.1, 0.15) is 0 Å². The van der Waals surface area contributed by atoms with Crippen LogP contribution in [0.4, 0.5) is 0 Å². The zero-order valence-electron chi connectivity index (χ0n) is 3.72. The maximum absolute atomic E-state index is 3.88. The topological polar surface area (TPSA) is 28.7 Å². The third kappa shape index (κ3) is 0.962. The first-order valence-electron chi connectivity index (χ1n) is 1.85. The SMILES string of the molecule is [CH2]Sc1ncc[nH]1. The summed E-state index contributed by atoms with van der Waals surface area (Å²) in [5.41, 5.74) is 0. The minimum atomic E-state index is 0.861. The molecule has 0 bridgehead atoms. The summed E-state index contributed by atoms with van der Waals surface area (Å²) in [4.78, 5) is 6.76. The second-order valence-electron chi connectivity index (χ2n) is 1.04. The number of aromatic nitrogens is 2. The average molecular weight is 113 g/mol. The Kier molecular flexibility index (Phi) is 1.36. The van der Waals surface area contributed by atoms with Crippen molar-refractivity contribution in [2.24, 2.45) is 0 Å². The number of aromatic amines is 1. The number of hydrogen-bond acceptors (Lipinski definition) is 2. The van der Waals surface area contributed by atoms with Crippen molar-refractivity contribution in [3.8, 4) is 0 Å². The fourth-order valence-corrected chi connectivity index (χ4v) is 0.616. The Morgan fingerprint density at radius 3 is 3.00 bits per heavy atom. The van der Waals surface area contributed by atoms with E-state index in [0.717, 1.165) is 5.16 Å². The monoisotopic (exact) mass is 113 g/mol. The molecule has 1 aromatic heterocycles. The molecule has 0 saturated heterocycles. The summed E-state index contributed by atoms with van der Waals surface area (Å²) in [6.45, 7) is 0. The molecule has 0 aliphatic carbocycles. The molecule has 7 heavy (non-hydrogen) atoms. The number of thioether (sulfide) groups is 1. The molecular weight excluding hydrogens is 108 g/mol. The number of H-pyrrole nitrogens is 1. The van der Waals surface area contributed by atoms with Crippen molar-refractivity contribution in [1.82, 2.24) is 9.97 Å². The zero-order valence-corrected chi connectivity index (χ0v) is 4.53. The van der Waals surface area contributed by atoms with Gasteiger partial charge in [-0.3, -0.25) is 0 Å². The van der Waals surface area contributed by atoms with Gasteiger partial charge >= 0.3 is 0 Å². The van der Waals surface area contributed by atoms with Crippen LogP contribution in [0.5, 0.6) is 0 Å². The summed E-state index contributed by atoms with van der Waals surface area (Å²) in [6.07, 6.45) is 7.02. The standard InChI is InChI=1S/C4H5N2S/c1-7-4-5-2-3-6-4/h2-3H,1H2,(H,5,6). The molecule has 0 amide bonds. The van der Waals surface area contributed by atoms with Crippen LogP contribution in [-0.2, 0) is 0 Å². The van der Waals surface area contributed by atoms with Crippen LogP contribution in [0.3, 0.4) is 0 Å². The molecule has 1 N–H and O–H groups in total. The Morgan fingerprint density at radius 2 is 2.71 bits per heavy atom. The Bertz CT molecular complexity index is 124. The van der Waals surface area contributed by atoms with Gasteiger partial charge in [-0.25, -0.2) is 4.98 Å². The molecule has 1 radical (unpaired) electrons. The minimum Gasteiger partial charge on any atom is -0.340 e. The van der Waals surface area contributed by atoms with Gasteiger partial charge in [0.25, 0.3) is 0 Å². The highest BCUT2D eigenvalue weighted by Crippen LogP contribution is 2.06. The number of nitrogens with one attached hydrogen (secondary N) is 1. The van der Waals surface area contributed by atoms with Crippen LogP contribution in [0.2, 0.25) is 0 Å². The third-order valence-electron chi connectivity index (χ3n) is 0.610. The van der Waals surface area contributed by atoms with Crippen LogP contribution >= 0.6 is 11.8 Å². The van der Waals surface area contributed by atoms with Gasteiger partial charge < -0.3 is 4.98 Å². The van der Waals surface area contributed by atoms with Crippen LogP contribution < -0.4 is 0 Å². The van der Waals surface area contributed by atoms with Crippen molar-refractivity contribution in [1.29, 1.82) is 0 Å². The first-order valence-corrected chi connectivity index (χ1v) is 2.83. The quantitative estimate of drug-likeness (QED) is 0.556. The van der Waals surface area contributed by atoms with Gasteiger partial charge in [0, 0.05) is 18.6 Å². The maximum atomic E-state index is 3.88. The van der Waals surface area contributed by atoms with Gasteiger partial charge in [0.1, 0.15) is 0 Å². The fourth-order valence-electron chi connectivity index (χ4n) is 0.330. The van der Waals surface area contributed by atoms with Crippen LogP contribution in [0.15, 0.2) is 17.6 Å². The van der Waals surface area contributed by atoms with E-state index in [0.29, 0.717) is 0 Å². The summed E-state index contributed by atoms with van der Waals surface area (Å²) >= 11 is 1.36. The first-order chi connectivity index (χ1) is 3.43. The minimum absolute atomic E-state index is 0.861. The Morgan fingerprint density at radius 1 is 1.86 bits per heavy atom. The molecule has 0 aromatic carbocycles. The van der Waals surface area contributed by atoms with Crippen molar-refractivity contribution >= 4 is 11.8 Å². The van der Waals surface area contributed by atoms with Crippen LogP contribution in [0.25, 0.3) is 0 Å². The second-order valence-corrected chi connectivity index (χ2v) is 1.71. The van der Waals surface area contributed by atoms with Crippen LogP contribution in [-0.4, -0.2) is 9.97 Å². The highest BCUT2D eigenvalue weighted by Gasteiger charge is 1.83. The van der Waals surface area contributed by atoms with Crippen molar-refractivity contribution in [2.75, 3.05) is 0 Å².